The Morgan fingerprint density at radius 2 is 2.00 bits per heavy atom. The Kier molecular flexibility index (Phi) is 6.79. The summed E-state index contributed by atoms with van der Waals surface area (Å²) in [5.74, 6) is -0.00309. The fraction of sp³-hybridized carbons (Fsp3) is 0.522. The van der Waals surface area contributed by atoms with Gasteiger partial charge in [-0.3, -0.25) is 9.69 Å². The monoisotopic (exact) mass is 480 g/mol. The van der Waals surface area contributed by atoms with Crippen molar-refractivity contribution in [2.75, 3.05) is 33.3 Å². The first-order chi connectivity index (χ1) is 16.2. The number of nitrogens with zero attached hydrogens (tertiary/aromatic N) is 4. The van der Waals surface area contributed by atoms with E-state index in [9.17, 15) is 22.4 Å². The molecule has 2 fully saturated rings. The highest BCUT2D eigenvalue weighted by atomic mass is 19.4. The van der Waals surface area contributed by atoms with Gasteiger partial charge in [0.25, 0.3) is 0 Å². The number of pyridine rings is 1. The number of alkyl halides is 4. The maximum atomic E-state index is 13.6. The fourth-order valence-corrected chi connectivity index (χ4v) is 4.43. The summed E-state index contributed by atoms with van der Waals surface area (Å²) in [7, 11) is 1.36. The number of hydrogen-bond donors (Lipinski definition) is 0. The van der Waals surface area contributed by atoms with Gasteiger partial charge in [-0.05, 0) is 25.0 Å². The minimum Gasteiger partial charge on any atom is -0.494 e. The molecule has 2 aromatic rings. The van der Waals surface area contributed by atoms with Crippen molar-refractivity contribution < 1.29 is 31.8 Å². The number of ether oxygens (including phenoxy) is 2. The van der Waals surface area contributed by atoms with Crippen molar-refractivity contribution in [1.29, 1.82) is 5.26 Å². The third kappa shape index (κ3) is 5.01. The molecule has 0 N–H and O–H groups in total. The third-order valence-corrected chi connectivity index (χ3v) is 6.18. The minimum absolute atomic E-state index is 0.0305. The van der Waals surface area contributed by atoms with Crippen molar-refractivity contribution in [3.8, 4) is 17.6 Å². The highest BCUT2D eigenvalue weighted by Crippen LogP contribution is 2.38. The van der Waals surface area contributed by atoms with E-state index in [2.05, 4.69) is 4.98 Å². The number of carbonyl (C=O) groups is 1. The van der Waals surface area contributed by atoms with Crippen LogP contribution in [0.5, 0.6) is 11.5 Å². The lowest BCUT2D eigenvalue weighted by Gasteiger charge is -2.33. The van der Waals surface area contributed by atoms with Gasteiger partial charge in [0, 0.05) is 31.0 Å². The lowest BCUT2D eigenvalue weighted by molar-refractivity contribution is -0.141. The van der Waals surface area contributed by atoms with Crippen LogP contribution in [-0.4, -0.2) is 72.3 Å². The summed E-state index contributed by atoms with van der Waals surface area (Å²) < 4.78 is 65.1. The van der Waals surface area contributed by atoms with Gasteiger partial charge in [-0.25, -0.2) is 9.37 Å². The molecule has 182 valence electrons. The predicted molar refractivity (Wildman–Crippen MR) is 114 cm³/mol. The second-order valence-electron chi connectivity index (χ2n) is 8.48. The van der Waals surface area contributed by atoms with E-state index in [4.69, 9.17) is 14.7 Å². The molecular weight excluding hydrogens is 456 g/mol. The van der Waals surface area contributed by atoms with E-state index in [-0.39, 0.29) is 48.5 Å². The normalized spacial score (nSPS) is 22.1. The van der Waals surface area contributed by atoms with Crippen LogP contribution in [0.25, 0.3) is 10.9 Å². The molecule has 2 atom stereocenters. The summed E-state index contributed by atoms with van der Waals surface area (Å²) >= 11 is 0. The first-order valence-electron chi connectivity index (χ1n) is 11.0. The van der Waals surface area contributed by atoms with Crippen LogP contribution in [0.4, 0.5) is 17.6 Å². The van der Waals surface area contributed by atoms with Crippen molar-refractivity contribution in [2.24, 2.45) is 0 Å². The van der Waals surface area contributed by atoms with Crippen LogP contribution in [0.3, 0.4) is 0 Å². The summed E-state index contributed by atoms with van der Waals surface area (Å²) in [4.78, 5) is 19.5. The second-order valence-corrected chi connectivity index (χ2v) is 8.48. The molecule has 7 nitrogen and oxygen atoms in total. The number of amides is 1. The Morgan fingerprint density at radius 1 is 1.26 bits per heavy atom. The molecule has 0 bridgehead atoms. The lowest BCUT2D eigenvalue weighted by atomic mass is 10.1. The quantitative estimate of drug-likeness (QED) is 0.609. The number of halogens is 4. The molecular formula is C23H24F4N4O3. The zero-order valence-electron chi connectivity index (χ0n) is 18.5. The van der Waals surface area contributed by atoms with Crippen LogP contribution in [0.15, 0.2) is 24.3 Å². The molecule has 0 saturated carbocycles. The molecule has 4 rings (SSSR count). The molecule has 2 aliphatic rings. The maximum Gasteiger partial charge on any atom is 0.433 e. The number of benzene rings is 1. The number of rotatable bonds is 5. The summed E-state index contributed by atoms with van der Waals surface area (Å²) in [6.45, 7) is 0.958. The van der Waals surface area contributed by atoms with E-state index in [1.54, 1.807) is 12.1 Å². The smallest absolute Gasteiger partial charge is 0.433 e. The number of methoxy groups -OCH3 is 1. The predicted octanol–water partition coefficient (Wildman–Crippen LogP) is 3.57. The number of hydrogen-bond acceptors (Lipinski definition) is 6. The van der Waals surface area contributed by atoms with E-state index < -0.39 is 24.1 Å². The summed E-state index contributed by atoms with van der Waals surface area (Å²) in [5, 5.41) is 9.56. The van der Waals surface area contributed by atoms with Crippen LogP contribution < -0.4 is 9.47 Å². The van der Waals surface area contributed by atoms with Crippen molar-refractivity contribution >= 4 is 16.8 Å². The molecule has 1 aromatic heterocycles. The van der Waals surface area contributed by atoms with Crippen molar-refractivity contribution in [3.63, 3.8) is 0 Å². The molecule has 3 heterocycles. The van der Waals surface area contributed by atoms with Gasteiger partial charge in [-0.15, -0.1) is 0 Å². The summed E-state index contributed by atoms with van der Waals surface area (Å²) in [6.07, 6.45) is -5.16. The topological polar surface area (TPSA) is 78.7 Å². The third-order valence-electron chi connectivity index (χ3n) is 6.18. The highest BCUT2D eigenvalue weighted by Gasteiger charge is 2.37. The Bertz CT molecular complexity index is 1100. The molecule has 2 saturated heterocycles. The molecule has 0 aliphatic carbocycles. The Hall–Kier alpha value is -3.13. The number of likely N-dealkylation sites (tertiary alicyclic amines) is 2. The molecule has 1 unspecified atom stereocenters. The number of nitriles is 1. The largest absolute Gasteiger partial charge is 0.494 e. The van der Waals surface area contributed by atoms with E-state index in [1.165, 1.54) is 18.1 Å². The fourth-order valence-electron chi connectivity index (χ4n) is 4.43. The molecule has 11 heteroatoms. The lowest BCUT2D eigenvalue weighted by Crippen LogP contribution is -2.46. The number of para-hydroxylation sites is 1. The van der Waals surface area contributed by atoms with Gasteiger partial charge in [-0.1, -0.05) is 6.07 Å². The van der Waals surface area contributed by atoms with Crippen molar-refractivity contribution in [2.45, 2.75) is 43.8 Å². The Balaban J connectivity index is 1.44. The van der Waals surface area contributed by atoms with Gasteiger partial charge in [-0.2, -0.15) is 18.4 Å². The number of aromatic nitrogens is 1. The van der Waals surface area contributed by atoms with Gasteiger partial charge >= 0.3 is 6.18 Å². The first-order valence-corrected chi connectivity index (χ1v) is 11.0. The van der Waals surface area contributed by atoms with Crippen molar-refractivity contribution in [1.82, 2.24) is 14.8 Å². The molecule has 34 heavy (non-hydrogen) atoms. The maximum absolute atomic E-state index is 13.6. The van der Waals surface area contributed by atoms with Crippen LogP contribution in [0.2, 0.25) is 0 Å². The van der Waals surface area contributed by atoms with E-state index in [1.807, 2.05) is 11.0 Å². The average molecular weight is 480 g/mol. The average Bonchev–Trinajstić information content (AvgIpc) is 3.20. The van der Waals surface area contributed by atoms with Crippen LogP contribution >= 0.6 is 0 Å². The minimum atomic E-state index is -4.65. The Labute approximate surface area is 193 Å². The standard InChI is InChI=1S/C23H24F4N4O3/c1-33-18-4-2-3-17-19(10-20(23(25,26)27)29-22(17)18)34-16-5-7-30(8-6-16)13-21(32)31-12-14(24)9-15(31)11-28/h2-4,10,14-16H,5-9,12-13H2,1H3/t14-,15?/m0/s1. The zero-order valence-corrected chi connectivity index (χ0v) is 18.5. The van der Waals surface area contributed by atoms with Gasteiger partial charge < -0.3 is 14.4 Å². The molecule has 0 spiro atoms. The molecule has 1 aromatic carbocycles. The number of carbonyl (C=O) groups excluding carboxylic acids is 1. The molecule has 1 amide bonds. The Morgan fingerprint density at radius 3 is 2.65 bits per heavy atom. The SMILES string of the molecule is COc1cccc2c(OC3CCN(CC(=O)N4C[C@@H](F)CC4C#N)CC3)cc(C(F)(F)F)nc12. The highest BCUT2D eigenvalue weighted by molar-refractivity contribution is 5.90. The van der Waals surface area contributed by atoms with Crippen LogP contribution in [0, 0.1) is 11.3 Å². The summed E-state index contributed by atoms with van der Waals surface area (Å²) in [5.41, 5.74) is -0.993. The zero-order chi connectivity index (χ0) is 24.5. The molecule has 0 radical (unpaired) electrons. The number of fused-ring (bicyclic) bond motifs is 1. The van der Waals surface area contributed by atoms with E-state index in [0.717, 1.165) is 6.07 Å². The van der Waals surface area contributed by atoms with Gasteiger partial charge in [0.05, 0.1) is 26.3 Å². The van der Waals surface area contributed by atoms with Gasteiger partial charge in [0.2, 0.25) is 5.91 Å². The van der Waals surface area contributed by atoms with Gasteiger partial charge in [0.15, 0.2) is 0 Å². The van der Waals surface area contributed by atoms with Crippen molar-refractivity contribution in [3.05, 3.63) is 30.0 Å². The van der Waals surface area contributed by atoms with Crippen LogP contribution in [0.1, 0.15) is 25.0 Å². The van der Waals surface area contributed by atoms with Crippen LogP contribution in [-0.2, 0) is 11.0 Å². The second kappa shape index (κ2) is 9.62. The van der Waals surface area contributed by atoms with Gasteiger partial charge in [0.1, 0.15) is 41.0 Å². The van der Waals surface area contributed by atoms with E-state index in [0.29, 0.717) is 31.3 Å². The first kappa shape index (κ1) is 24.0. The van der Waals surface area contributed by atoms with E-state index >= 15 is 0 Å². The summed E-state index contributed by atoms with van der Waals surface area (Å²) in [6, 6.07) is 6.95. The molecule has 2 aliphatic heterocycles. The number of piperidine rings is 1.